The molecule has 0 aromatic heterocycles. The second kappa shape index (κ2) is 4.18. The summed E-state index contributed by atoms with van der Waals surface area (Å²) in [7, 11) is 0. The fraction of sp³-hybridized carbons (Fsp3) is 0.333. The van der Waals surface area contributed by atoms with Crippen molar-refractivity contribution in [2.45, 2.75) is 12.5 Å². The second-order valence-corrected chi connectivity index (χ2v) is 2.63. The van der Waals surface area contributed by atoms with Crippen molar-refractivity contribution in [1.82, 2.24) is 0 Å². The maximum atomic E-state index is 12.9. The summed E-state index contributed by atoms with van der Waals surface area (Å²) < 4.78 is 12.9. The molecule has 0 heterocycles. The van der Waals surface area contributed by atoms with Gasteiger partial charge in [0.15, 0.2) is 0 Å². The highest BCUT2D eigenvalue weighted by molar-refractivity contribution is 5.17. The van der Waals surface area contributed by atoms with Crippen LogP contribution in [0.4, 0.5) is 4.39 Å². The SMILES string of the molecule is OCC(O)Cc1ccccc1F. The molecule has 0 bridgehead atoms. The fourth-order valence-electron chi connectivity index (χ4n) is 0.982. The van der Waals surface area contributed by atoms with Crippen LogP contribution >= 0.6 is 0 Å². The summed E-state index contributed by atoms with van der Waals surface area (Å²) in [6, 6.07) is 6.21. The van der Waals surface area contributed by atoms with Gasteiger partial charge in [-0.2, -0.15) is 0 Å². The smallest absolute Gasteiger partial charge is 0.126 e. The van der Waals surface area contributed by atoms with Crippen molar-refractivity contribution in [2.24, 2.45) is 0 Å². The molecule has 1 unspecified atom stereocenters. The van der Waals surface area contributed by atoms with Crippen molar-refractivity contribution >= 4 is 0 Å². The van der Waals surface area contributed by atoms with E-state index < -0.39 is 6.10 Å². The van der Waals surface area contributed by atoms with E-state index in [0.29, 0.717) is 5.56 Å². The Morgan fingerprint density at radius 1 is 1.33 bits per heavy atom. The molecular weight excluding hydrogens is 159 g/mol. The van der Waals surface area contributed by atoms with Crippen molar-refractivity contribution in [2.75, 3.05) is 6.61 Å². The molecule has 0 saturated carbocycles. The molecular formula is C9H11FO2. The minimum absolute atomic E-state index is 0.156. The third-order valence-corrected chi connectivity index (χ3v) is 1.62. The monoisotopic (exact) mass is 170 g/mol. The molecule has 2 nitrogen and oxygen atoms in total. The summed E-state index contributed by atoms with van der Waals surface area (Å²) >= 11 is 0. The summed E-state index contributed by atoms with van der Waals surface area (Å²) in [6.45, 7) is -0.339. The highest BCUT2D eigenvalue weighted by atomic mass is 19.1. The molecule has 0 aliphatic heterocycles. The van der Waals surface area contributed by atoms with Crippen LogP contribution in [0, 0.1) is 5.82 Å². The Balaban J connectivity index is 2.69. The maximum Gasteiger partial charge on any atom is 0.126 e. The van der Waals surface area contributed by atoms with Gasteiger partial charge in [0.05, 0.1) is 12.7 Å². The molecule has 2 N–H and O–H groups in total. The number of hydrogen-bond acceptors (Lipinski definition) is 2. The number of hydrogen-bond donors (Lipinski definition) is 2. The first kappa shape index (κ1) is 9.16. The van der Waals surface area contributed by atoms with Gasteiger partial charge < -0.3 is 10.2 Å². The number of rotatable bonds is 3. The molecule has 0 aliphatic carbocycles. The van der Waals surface area contributed by atoms with Gasteiger partial charge in [0.2, 0.25) is 0 Å². The number of aliphatic hydroxyl groups is 2. The highest BCUT2D eigenvalue weighted by Gasteiger charge is 2.06. The number of halogens is 1. The summed E-state index contributed by atoms with van der Waals surface area (Å²) in [4.78, 5) is 0. The van der Waals surface area contributed by atoms with Crippen molar-refractivity contribution in [3.05, 3.63) is 35.6 Å². The Hall–Kier alpha value is -0.930. The Labute approximate surface area is 70.3 Å². The molecule has 1 aromatic rings. The molecule has 66 valence electrons. The second-order valence-electron chi connectivity index (χ2n) is 2.63. The van der Waals surface area contributed by atoms with Crippen molar-refractivity contribution < 1.29 is 14.6 Å². The zero-order chi connectivity index (χ0) is 8.97. The predicted molar refractivity (Wildman–Crippen MR) is 43.2 cm³/mol. The molecule has 1 atom stereocenters. The molecule has 12 heavy (non-hydrogen) atoms. The normalized spacial score (nSPS) is 12.9. The predicted octanol–water partition coefficient (Wildman–Crippen LogP) is 0.721. The number of aliphatic hydroxyl groups excluding tert-OH is 2. The minimum Gasteiger partial charge on any atom is -0.394 e. The van der Waals surface area contributed by atoms with Gasteiger partial charge in [-0.3, -0.25) is 0 Å². The molecule has 3 heteroatoms. The van der Waals surface area contributed by atoms with E-state index in [0.717, 1.165) is 0 Å². The number of benzene rings is 1. The van der Waals surface area contributed by atoms with Crippen LogP contribution in [0.2, 0.25) is 0 Å². The van der Waals surface area contributed by atoms with Crippen LogP contribution in [-0.2, 0) is 6.42 Å². The minimum atomic E-state index is -0.873. The summed E-state index contributed by atoms with van der Waals surface area (Å²) in [6.07, 6.45) is -0.717. The van der Waals surface area contributed by atoms with Gasteiger partial charge in [-0.25, -0.2) is 4.39 Å². The van der Waals surface area contributed by atoms with E-state index in [4.69, 9.17) is 10.2 Å². The molecule has 1 rings (SSSR count). The third-order valence-electron chi connectivity index (χ3n) is 1.62. The van der Waals surface area contributed by atoms with Crippen LogP contribution < -0.4 is 0 Å². The summed E-state index contributed by atoms with van der Waals surface area (Å²) in [5.41, 5.74) is 0.430. The molecule has 0 saturated heterocycles. The van der Waals surface area contributed by atoms with Crippen LogP contribution in [0.3, 0.4) is 0 Å². The maximum absolute atomic E-state index is 12.9. The van der Waals surface area contributed by atoms with Gasteiger partial charge in [-0.15, -0.1) is 0 Å². The fourth-order valence-corrected chi connectivity index (χ4v) is 0.982. The van der Waals surface area contributed by atoms with E-state index in [-0.39, 0.29) is 18.8 Å². The lowest BCUT2D eigenvalue weighted by atomic mass is 10.1. The van der Waals surface area contributed by atoms with Crippen molar-refractivity contribution in [3.63, 3.8) is 0 Å². The van der Waals surface area contributed by atoms with Crippen LogP contribution in [0.5, 0.6) is 0 Å². The first-order chi connectivity index (χ1) is 5.74. The standard InChI is InChI=1S/C9H11FO2/c10-9-4-2-1-3-7(9)5-8(12)6-11/h1-4,8,11-12H,5-6H2. The van der Waals surface area contributed by atoms with Gasteiger partial charge >= 0.3 is 0 Å². The van der Waals surface area contributed by atoms with Gasteiger partial charge in [0.1, 0.15) is 5.82 Å². The van der Waals surface area contributed by atoms with E-state index in [1.165, 1.54) is 6.07 Å². The lowest BCUT2D eigenvalue weighted by molar-refractivity contribution is 0.0948. The van der Waals surface area contributed by atoms with E-state index in [1.807, 2.05) is 0 Å². The lowest BCUT2D eigenvalue weighted by Crippen LogP contribution is -2.15. The Kier molecular flexibility index (Phi) is 3.19. The van der Waals surface area contributed by atoms with Gasteiger partial charge in [0, 0.05) is 6.42 Å². The first-order valence-corrected chi connectivity index (χ1v) is 3.76. The molecule has 0 aliphatic rings. The van der Waals surface area contributed by atoms with Gasteiger partial charge in [0.25, 0.3) is 0 Å². The van der Waals surface area contributed by atoms with Crippen LogP contribution in [0.1, 0.15) is 5.56 Å². The molecule has 0 amide bonds. The Morgan fingerprint density at radius 3 is 2.58 bits per heavy atom. The topological polar surface area (TPSA) is 40.5 Å². The quantitative estimate of drug-likeness (QED) is 0.701. The van der Waals surface area contributed by atoms with E-state index in [2.05, 4.69) is 0 Å². The zero-order valence-corrected chi connectivity index (χ0v) is 6.57. The van der Waals surface area contributed by atoms with Crippen LogP contribution in [0.25, 0.3) is 0 Å². The molecule has 0 radical (unpaired) electrons. The highest BCUT2D eigenvalue weighted by Crippen LogP contribution is 2.08. The Bertz CT molecular complexity index is 250. The molecule has 0 spiro atoms. The van der Waals surface area contributed by atoms with Gasteiger partial charge in [-0.1, -0.05) is 18.2 Å². The summed E-state index contributed by atoms with van der Waals surface area (Å²) in [5, 5.41) is 17.5. The average Bonchev–Trinajstić information content (AvgIpc) is 2.09. The summed E-state index contributed by atoms with van der Waals surface area (Å²) in [5.74, 6) is -0.343. The van der Waals surface area contributed by atoms with Crippen molar-refractivity contribution in [1.29, 1.82) is 0 Å². The van der Waals surface area contributed by atoms with Gasteiger partial charge in [-0.05, 0) is 11.6 Å². The first-order valence-electron chi connectivity index (χ1n) is 3.76. The van der Waals surface area contributed by atoms with Crippen molar-refractivity contribution in [3.8, 4) is 0 Å². The largest absolute Gasteiger partial charge is 0.394 e. The average molecular weight is 170 g/mol. The zero-order valence-electron chi connectivity index (χ0n) is 6.57. The van der Waals surface area contributed by atoms with E-state index in [9.17, 15) is 4.39 Å². The Morgan fingerprint density at radius 2 is 2.00 bits per heavy atom. The molecule has 1 aromatic carbocycles. The van der Waals surface area contributed by atoms with Crippen LogP contribution in [0.15, 0.2) is 24.3 Å². The van der Waals surface area contributed by atoms with Crippen LogP contribution in [-0.4, -0.2) is 22.9 Å². The lowest BCUT2D eigenvalue weighted by Gasteiger charge is -2.06. The van der Waals surface area contributed by atoms with E-state index in [1.54, 1.807) is 18.2 Å². The molecule has 0 fully saturated rings. The third kappa shape index (κ3) is 2.29. The van der Waals surface area contributed by atoms with E-state index >= 15 is 0 Å².